The van der Waals surface area contributed by atoms with Gasteiger partial charge in [0.05, 0.1) is 0 Å². The molecule has 0 fully saturated rings. The van der Waals surface area contributed by atoms with Gasteiger partial charge in [-0.2, -0.15) is 0 Å². The van der Waals surface area contributed by atoms with Crippen LogP contribution in [0.15, 0.2) is 72.8 Å². The quantitative estimate of drug-likeness (QED) is 0.156. The Morgan fingerprint density at radius 2 is 0.952 bits per heavy atom. The van der Waals surface area contributed by atoms with Gasteiger partial charge in [0.2, 0.25) is 0 Å². The Bertz CT molecular complexity index is 1440. The third-order valence-corrected chi connectivity index (χ3v) is 9.47. The largest absolute Gasteiger partial charge is 0.699 e. The van der Waals surface area contributed by atoms with Gasteiger partial charge in [-0.1, -0.05) is 100 Å². The molecule has 0 radical (unpaired) electrons. The van der Waals surface area contributed by atoms with Crippen LogP contribution in [0.2, 0.25) is 0 Å². The third-order valence-electron chi connectivity index (χ3n) is 8.70. The summed E-state index contributed by atoms with van der Waals surface area (Å²) in [6.45, 7) is 17.1. The summed E-state index contributed by atoms with van der Waals surface area (Å²) in [5.74, 6) is 0. The first-order valence-corrected chi connectivity index (χ1v) is 16.5. The zero-order chi connectivity index (χ0) is 30.4. The van der Waals surface area contributed by atoms with Crippen molar-refractivity contribution in [3.63, 3.8) is 0 Å². The Balaban J connectivity index is 1.80. The fourth-order valence-electron chi connectivity index (χ4n) is 5.97. The highest BCUT2D eigenvalue weighted by molar-refractivity contribution is 7.33. The molecule has 0 spiro atoms. The molecule has 4 aromatic carbocycles. The molecule has 42 heavy (non-hydrogen) atoms. The van der Waals surface area contributed by atoms with Crippen LogP contribution in [0.1, 0.15) is 107 Å². The van der Waals surface area contributed by atoms with E-state index in [0.29, 0.717) is 0 Å². The Kier molecular flexibility index (Phi) is 10.9. The summed E-state index contributed by atoms with van der Waals surface area (Å²) in [7, 11) is -2.50. The van der Waals surface area contributed by atoms with E-state index in [-0.39, 0.29) is 0 Å². The van der Waals surface area contributed by atoms with Crippen LogP contribution in [0.25, 0.3) is 0 Å². The minimum absolute atomic E-state index is 0.512. The lowest BCUT2D eigenvalue weighted by atomic mass is 9.90. The lowest BCUT2D eigenvalue weighted by molar-refractivity contribution is 0.162. The minimum Gasteiger partial charge on any atom is -0.106 e. The molecule has 4 heteroatoms. The Morgan fingerprint density at radius 3 is 1.29 bits per heavy atom. The van der Waals surface area contributed by atoms with E-state index >= 15 is 0 Å². The van der Waals surface area contributed by atoms with E-state index in [1.165, 1.54) is 44.5 Å². The second-order valence-corrected chi connectivity index (χ2v) is 12.1. The molecule has 0 N–H and O–H groups in total. The highest BCUT2D eigenvalue weighted by Gasteiger charge is 2.37. The molecule has 0 aromatic heterocycles. The van der Waals surface area contributed by atoms with Crippen molar-refractivity contribution in [3.8, 4) is 0 Å². The third kappa shape index (κ3) is 6.92. The van der Waals surface area contributed by atoms with Gasteiger partial charge in [0.15, 0.2) is 12.2 Å². The zero-order valence-corrected chi connectivity index (χ0v) is 27.5. The molecule has 0 aliphatic carbocycles. The van der Waals surface area contributed by atoms with E-state index in [1.807, 2.05) is 0 Å². The van der Waals surface area contributed by atoms with Gasteiger partial charge < -0.3 is 0 Å². The first kappa shape index (κ1) is 31.8. The van der Waals surface area contributed by atoms with E-state index in [1.54, 1.807) is 0 Å². The van der Waals surface area contributed by atoms with Crippen molar-refractivity contribution in [2.75, 3.05) is 0 Å². The smallest absolute Gasteiger partial charge is 0.106 e. The SMILES string of the molecule is CCc1cccc(C(O[P+](=O)OC(c2ccc(C)c(C)c2)c2cccc(CC)c2CC)c2ccc(C)c(C)c2)c1CC. The molecule has 0 bridgehead atoms. The van der Waals surface area contributed by atoms with Crippen molar-refractivity contribution in [1.82, 2.24) is 0 Å². The second-order valence-electron chi connectivity index (χ2n) is 11.3. The van der Waals surface area contributed by atoms with E-state index in [9.17, 15) is 4.57 Å². The number of aryl methyl sites for hydroxylation is 6. The highest BCUT2D eigenvalue weighted by atomic mass is 31.1. The minimum atomic E-state index is -2.50. The molecule has 4 aromatic rings. The van der Waals surface area contributed by atoms with Crippen LogP contribution in [0.5, 0.6) is 0 Å². The van der Waals surface area contributed by atoms with Gasteiger partial charge in [-0.3, -0.25) is 0 Å². The Labute approximate surface area is 254 Å². The van der Waals surface area contributed by atoms with Gasteiger partial charge in [-0.05, 0) is 120 Å². The number of benzene rings is 4. The molecule has 2 unspecified atom stereocenters. The molecule has 3 nitrogen and oxygen atoms in total. The lowest BCUT2D eigenvalue weighted by Crippen LogP contribution is -2.11. The van der Waals surface area contributed by atoms with Crippen LogP contribution >= 0.6 is 8.25 Å². The normalized spacial score (nSPS) is 13.2. The predicted octanol–water partition coefficient (Wildman–Crippen LogP) is 10.7. The molecular formula is C38H46O3P+. The highest BCUT2D eigenvalue weighted by Crippen LogP contribution is 2.45. The molecule has 220 valence electrons. The summed E-state index contributed by atoms with van der Waals surface area (Å²) in [6.07, 6.45) is 2.58. The van der Waals surface area contributed by atoms with Crippen molar-refractivity contribution in [1.29, 1.82) is 0 Å². The maximum atomic E-state index is 14.1. The van der Waals surface area contributed by atoms with Gasteiger partial charge in [0, 0.05) is 4.57 Å². The monoisotopic (exact) mass is 581 g/mol. The van der Waals surface area contributed by atoms with Crippen molar-refractivity contribution in [2.24, 2.45) is 0 Å². The number of hydrogen-bond donors (Lipinski definition) is 0. The van der Waals surface area contributed by atoms with E-state index in [0.717, 1.165) is 47.9 Å². The van der Waals surface area contributed by atoms with Gasteiger partial charge in [-0.25, -0.2) is 0 Å². The topological polar surface area (TPSA) is 35.5 Å². The predicted molar refractivity (Wildman–Crippen MR) is 176 cm³/mol. The van der Waals surface area contributed by atoms with E-state index in [4.69, 9.17) is 9.05 Å². The van der Waals surface area contributed by atoms with Crippen LogP contribution in [0.3, 0.4) is 0 Å². The van der Waals surface area contributed by atoms with Crippen LogP contribution in [0, 0.1) is 27.7 Å². The second kappa shape index (κ2) is 14.4. The first-order chi connectivity index (χ1) is 20.2. The maximum absolute atomic E-state index is 14.1. The molecule has 0 aliphatic rings. The van der Waals surface area contributed by atoms with E-state index < -0.39 is 20.5 Å². The molecule has 0 aliphatic heterocycles. The van der Waals surface area contributed by atoms with Gasteiger partial charge in [-0.15, -0.1) is 9.05 Å². The summed E-state index contributed by atoms with van der Waals surface area (Å²) in [5, 5.41) is 0. The van der Waals surface area contributed by atoms with Crippen LogP contribution < -0.4 is 0 Å². The van der Waals surface area contributed by atoms with Gasteiger partial charge in [0.25, 0.3) is 0 Å². The first-order valence-electron chi connectivity index (χ1n) is 15.4. The maximum Gasteiger partial charge on any atom is 0.699 e. The van der Waals surface area contributed by atoms with E-state index in [2.05, 4.69) is 128 Å². The standard InChI is InChI=1S/C38H46O3P/c1-9-29-15-13-17-35(33(29)11-3)37(31-21-19-25(5)27(7)23-31)40-42(39)41-38(32-22-20-26(6)28(8)24-32)36-18-14-16-30(10-2)34(36)12-4/h13-24,37-38H,9-12H2,1-8H3/q+1. The molecule has 0 saturated carbocycles. The molecule has 0 heterocycles. The summed E-state index contributed by atoms with van der Waals surface area (Å²) in [4.78, 5) is 0. The van der Waals surface area contributed by atoms with Gasteiger partial charge in [0.1, 0.15) is 0 Å². The molecule has 0 amide bonds. The van der Waals surface area contributed by atoms with Crippen LogP contribution in [-0.4, -0.2) is 0 Å². The molecule has 0 saturated heterocycles. The summed E-state index contributed by atoms with van der Waals surface area (Å²) in [5.41, 5.74) is 14.0. The summed E-state index contributed by atoms with van der Waals surface area (Å²) < 4.78 is 27.1. The number of rotatable bonds is 12. The average molecular weight is 582 g/mol. The zero-order valence-electron chi connectivity index (χ0n) is 26.6. The molecule has 4 rings (SSSR count). The lowest BCUT2D eigenvalue weighted by Gasteiger charge is -2.21. The summed E-state index contributed by atoms with van der Waals surface area (Å²) >= 11 is 0. The average Bonchev–Trinajstić information content (AvgIpc) is 3.00. The van der Waals surface area contributed by atoms with Crippen molar-refractivity contribution in [2.45, 2.75) is 93.3 Å². The summed E-state index contributed by atoms with van der Waals surface area (Å²) in [6, 6.07) is 25.5. The fourth-order valence-corrected chi connectivity index (χ4v) is 6.84. The van der Waals surface area contributed by atoms with Gasteiger partial charge >= 0.3 is 8.25 Å². The number of hydrogen-bond acceptors (Lipinski definition) is 3. The molecule has 2 atom stereocenters. The van der Waals surface area contributed by atoms with Crippen LogP contribution in [-0.2, 0) is 39.3 Å². The van der Waals surface area contributed by atoms with Crippen molar-refractivity contribution in [3.05, 3.63) is 140 Å². The van der Waals surface area contributed by atoms with Crippen molar-refractivity contribution >= 4 is 8.25 Å². The Hall–Kier alpha value is -3.10. The Morgan fingerprint density at radius 1 is 0.548 bits per heavy atom. The fraction of sp³-hybridized carbons (Fsp3) is 0.368. The van der Waals surface area contributed by atoms with Crippen LogP contribution in [0.4, 0.5) is 0 Å². The molecular weight excluding hydrogens is 535 g/mol. The van der Waals surface area contributed by atoms with Crippen molar-refractivity contribution < 1.29 is 13.6 Å².